The van der Waals surface area contributed by atoms with E-state index in [0.717, 1.165) is 11.1 Å². The highest BCUT2D eigenvalue weighted by molar-refractivity contribution is 6.09. The van der Waals surface area contributed by atoms with Gasteiger partial charge >= 0.3 is 0 Å². The van der Waals surface area contributed by atoms with E-state index in [0.29, 0.717) is 13.0 Å². The van der Waals surface area contributed by atoms with E-state index in [1.165, 1.54) is 4.90 Å². The number of ketones is 1. The van der Waals surface area contributed by atoms with Crippen LogP contribution in [0.3, 0.4) is 0 Å². The molecule has 0 fully saturated rings. The molecule has 3 rings (SSSR count). The Bertz CT molecular complexity index is 878. The molecule has 152 valence electrons. The van der Waals surface area contributed by atoms with E-state index in [2.05, 4.69) is 4.98 Å². The zero-order valence-electron chi connectivity index (χ0n) is 16.7. The van der Waals surface area contributed by atoms with E-state index in [1.54, 1.807) is 24.5 Å². The van der Waals surface area contributed by atoms with Crippen molar-refractivity contribution >= 4 is 11.7 Å². The number of amides is 1. The fourth-order valence-corrected chi connectivity index (χ4v) is 3.49. The standard InChI is InChI=1S/C23H26N2O4/c1-16(2)29-15-14-25-21(18-10-12-24-13-11-18)20(22(27)23(25)28)19(26)9-8-17-6-4-3-5-7-17/h3-7,10-13,16,21,27H,8-9,14-15H2,1-2H3. The maximum Gasteiger partial charge on any atom is 0.290 e. The predicted octanol–water partition coefficient (Wildman–Crippen LogP) is 3.40. The normalized spacial score (nSPS) is 16.7. The van der Waals surface area contributed by atoms with Crippen LogP contribution in [-0.2, 0) is 20.7 Å². The van der Waals surface area contributed by atoms with Gasteiger partial charge in [-0.05, 0) is 43.5 Å². The number of hydrogen-bond donors (Lipinski definition) is 1. The molecule has 2 heterocycles. The van der Waals surface area contributed by atoms with Crippen LogP contribution in [0.2, 0.25) is 0 Å². The summed E-state index contributed by atoms with van der Waals surface area (Å²) in [5, 5.41) is 10.5. The zero-order chi connectivity index (χ0) is 20.8. The summed E-state index contributed by atoms with van der Waals surface area (Å²) in [6.45, 7) is 4.44. The number of hydrogen-bond acceptors (Lipinski definition) is 5. The molecule has 1 unspecified atom stereocenters. The Hall–Kier alpha value is -2.99. The summed E-state index contributed by atoms with van der Waals surface area (Å²) in [5.41, 5.74) is 1.93. The van der Waals surface area contributed by atoms with Gasteiger partial charge in [-0.2, -0.15) is 0 Å². The number of nitrogens with zero attached hydrogens (tertiary/aromatic N) is 2. The van der Waals surface area contributed by atoms with Gasteiger partial charge in [0.25, 0.3) is 5.91 Å². The van der Waals surface area contributed by atoms with Gasteiger partial charge in [0.1, 0.15) is 0 Å². The molecule has 2 aromatic rings. The largest absolute Gasteiger partial charge is 0.503 e. The predicted molar refractivity (Wildman–Crippen MR) is 109 cm³/mol. The van der Waals surface area contributed by atoms with Crippen molar-refractivity contribution in [3.05, 3.63) is 77.3 Å². The van der Waals surface area contributed by atoms with Gasteiger partial charge < -0.3 is 14.7 Å². The van der Waals surface area contributed by atoms with Crippen molar-refractivity contribution in [3.63, 3.8) is 0 Å². The van der Waals surface area contributed by atoms with Gasteiger partial charge in [0, 0.05) is 25.4 Å². The van der Waals surface area contributed by atoms with Crippen LogP contribution in [0.25, 0.3) is 0 Å². The first-order valence-corrected chi connectivity index (χ1v) is 9.81. The molecular weight excluding hydrogens is 368 g/mol. The molecule has 1 amide bonds. The van der Waals surface area contributed by atoms with Gasteiger partial charge in [0.05, 0.1) is 24.3 Å². The van der Waals surface area contributed by atoms with Crippen LogP contribution in [-0.4, -0.2) is 45.9 Å². The Balaban J connectivity index is 1.84. The molecule has 6 heteroatoms. The second kappa shape index (κ2) is 9.47. The third kappa shape index (κ3) is 4.90. The lowest BCUT2D eigenvalue weighted by Gasteiger charge is -2.27. The lowest BCUT2D eigenvalue weighted by molar-refractivity contribution is -0.130. The molecule has 1 aromatic heterocycles. The summed E-state index contributed by atoms with van der Waals surface area (Å²) < 4.78 is 5.58. The second-order valence-corrected chi connectivity index (χ2v) is 7.27. The molecular formula is C23H26N2O4. The first kappa shape index (κ1) is 20.7. The minimum Gasteiger partial charge on any atom is -0.503 e. The molecule has 29 heavy (non-hydrogen) atoms. The van der Waals surface area contributed by atoms with E-state index in [-0.39, 0.29) is 30.4 Å². The molecule has 0 radical (unpaired) electrons. The van der Waals surface area contributed by atoms with Gasteiger partial charge in [-0.3, -0.25) is 14.6 Å². The Morgan fingerprint density at radius 2 is 1.86 bits per heavy atom. The Kier molecular flexibility index (Phi) is 6.77. The van der Waals surface area contributed by atoms with Gasteiger partial charge in [0.2, 0.25) is 0 Å². The van der Waals surface area contributed by atoms with Crippen molar-refractivity contribution in [3.8, 4) is 0 Å². The number of pyridine rings is 1. The van der Waals surface area contributed by atoms with Crippen LogP contribution < -0.4 is 0 Å². The monoisotopic (exact) mass is 394 g/mol. The van der Waals surface area contributed by atoms with Gasteiger partial charge in [0.15, 0.2) is 11.5 Å². The third-order valence-corrected chi connectivity index (χ3v) is 4.89. The van der Waals surface area contributed by atoms with E-state index in [1.807, 2.05) is 44.2 Å². The summed E-state index contributed by atoms with van der Waals surface area (Å²) in [5.74, 6) is -1.23. The average molecular weight is 394 g/mol. The number of aryl methyl sites for hydroxylation is 1. The summed E-state index contributed by atoms with van der Waals surface area (Å²) in [7, 11) is 0. The van der Waals surface area contributed by atoms with Crippen molar-refractivity contribution in [2.75, 3.05) is 13.2 Å². The molecule has 0 spiro atoms. The van der Waals surface area contributed by atoms with Crippen molar-refractivity contribution in [1.29, 1.82) is 0 Å². The SMILES string of the molecule is CC(C)OCCN1C(=O)C(O)=C(C(=O)CCc2ccccc2)C1c1ccncc1. The van der Waals surface area contributed by atoms with Crippen LogP contribution in [0.15, 0.2) is 66.2 Å². The number of ether oxygens (including phenoxy) is 1. The van der Waals surface area contributed by atoms with Gasteiger partial charge in [-0.1, -0.05) is 30.3 Å². The second-order valence-electron chi connectivity index (χ2n) is 7.27. The highest BCUT2D eigenvalue weighted by atomic mass is 16.5. The van der Waals surface area contributed by atoms with Crippen LogP contribution in [0.4, 0.5) is 0 Å². The lowest BCUT2D eigenvalue weighted by Crippen LogP contribution is -2.34. The molecule has 1 aliphatic heterocycles. The third-order valence-electron chi connectivity index (χ3n) is 4.89. The number of carbonyl (C=O) groups is 2. The summed E-state index contributed by atoms with van der Waals surface area (Å²) >= 11 is 0. The summed E-state index contributed by atoms with van der Waals surface area (Å²) in [6.07, 6.45) is 4.02. The molecule has 0 saturated carbocycles. The number of benzene rings is 1. The fraction of sp³-hybridized carbons (Fsp3) is 0.348. The zero-order valence-corrected chi connectivity index (χ0v) is 16.7. The molecule has 0 bridgehead atoms. The van der Waals surface area contributed by atoms with Crippen LogP contribution in [0, 0.1) is 0 Å². The minimum atomic E-state index is -0.635. The van der Waals surface area contributed by atoms with Crippen molar-refractivity contribution in [1.82, 2.24) is 9.88 Å². The first-order chi connectivity index (χ1) is 14.0. The number of aromatic nitrogens is 1. The molecule has 1 N–H and O–H groups in total. The fourth-order valence-electron chi connectivity index (χ4n) is 3.49. The van der Waals surface area contributed by atoms with Crippen LogP contribution in [0.1, 0.15) is 37.4 Å². The maximum absolute atomic E-state index is 13.0. The average Bonchev–Trinajstić information content (AvgIpc) is 2.98. The van der Waals surface area contributed by atoms with Crippen molar-refractivity contribution in [2.24, 2.45) is 0 Å². The number of aliphatic hydroxyl groups is 1. The minimum absolute atomic E-state index is 0.0283. The molecule has 0 aliphatic carbocycles. The summed E-state index contributed by atoms with van der Waals surface area (Å²) in [4.78, 5) is 31.3. The smallest absolute Gasteiger partial charge is 0.290 e. The topological polar surface area (TPSA) is 79.7 Å². The van der Waals surface area contributed by atoms with E-state index in [4.69, 9.17) is 4.74 Å². The molecule has 1 atom stereocenters. The Labute approximate surface area is 170 Å². The maximum atomic E-state index is 13.0. The van der Waals surface area contributed by atoms with Crippen LogP contribution >= 0.6 is 0 Å². The summed E-state index contributed by atoms with van der Waals surface area (Å²) in [6, 6.07) is 12.6. The highest BCUT2D eigenvalue weighted by Crippen LogP contribution is 2.38. The number of rotatable bonds is 9. The molecule has 6 nitrogen and oxygen atoms in total. The lowest BCUT2D eigenvalue weighted by atomic mass is 9.94. The van der Waals surface area contributed by atoms with Crippen molar-refractivity contribution in [2.45, 2.75) is 38.8 Å². The van der Waals surface area contributed by atoms with Gasteiger partial charge in [-0.25, -0.2) is 0 Å². The Morgan fingerprint density at radius 3 is 2.52 bits per heavy atom. The van der Waals surface area contributed by atoms with E-state index < -0.39 is 17.7 Å². The highest BCUT2D eigenvalue weighted by Gasteiger charge is 2.42. The van der Waals surface area contributed by atoms with Crippen molar-refractivity contribution < 1.29 is 19.4 Å². The first-order valence-electron chi connectivity index (χ1n) is 9.81. The number of Topliss-reactive ketones (excluding diaryl/α,β-unsaturated/α-hetero) is 1. The quantitative estimate of drug-likeness (QED) is 0.705. The molecule has 0 saturated heterocycles. The molecule has 1 aromatic carbocycles. The Morgan fingerprint density at radius 1 is 1.17 bits per heavy atom. The molecule has 1 aliphatic rings. The van der Waals surface area contributed by atoms with E-state index in [9.17, 15) is 14.7 Å². The number of aliphatic hydroxyl groups excluding tert-OH is 1. The van der Waals surface area contributed by atoms with E-state index >= 15 is 0 Å². The van der Waals surface area contributed by atoms with Crippen LogP contribution in [0.5, 0.6) is 0 Å². The van der Waals surface area contributed by atoms with Gasteiger partial charge in [-0.15, -0.1) is 0 Å². The number of carbonyl (C=O) groups excluding carboxylic acids is 2.